The Morgan fingerprint density at radius 3 is 2.23 bits per heavy atom. The predicted molar refractivity (Wildman–Crippen MR) is 107 cm³/mol. The van der Waals surface area contributed by atoms with Crippen LogP contribution in [0.5, 0.6) is 0 Å². The van der Waals surface area contributed by atoms with Gasteiger partial charge in [-0.25, -0.2) is 4.79 Å². The molecule has 0 saturated carbocycles. The Balaban J connectivity index is 1.85. The molecule has 132 valence electrons. The second kappa shape index (κ2) is 8.34. The summed E-state index contributed by atoms with van der Waals surface area (Å²) in [5.41, 5.74) is 4.15. The number of hydrogen-bond acceptors (Lipinski definition) is 1. The monoisotopic (exact) mass is 344 g/mol. The highest BCUT2D eigenvalue weighted by atomic mass is 16.2. The summed E-state index contributed by atoms with van der Waals surface area (Å²) in [6.45, 7) is 4.63. The highest BCUT2D eigenvalue weighted by Crippen LogP contribution is 2.23. The van der Waals surface area contributed by atoms with Gasteiger partial charge in [-0.2, -0.15) is 0 Å². The summed E-state index contributed by atoms with van der Waals surface area (Å²) < 4.78 is 0. The Hall–Kier alpha value is -3.07. The summed E-state index contributed by atoms with van der Waals surface area (Å²) >= 11 is 0. The van der Waals surface area contributed by atoms with Gasteiger partial charge >= 0.3 is 6.03 Å². The van der Waals surface area contributed by atoms with Gasteiger partial charge in [0, 0.05) is 12.2 Å². The number of rotatable bonds is 5. The van der Waals surface area contributed by atoms with E-state index in [0.717, 1.165) is 22.4 Å². The van der Waals surface area contributed by atoms with Crippen molar-refractivity contribution >= 4 is 11.7 Å². The number of benzene rings is 3. The number of carbonyl (C=O) groups excluding carboxylic acids is 1. The number of carbonyl (C=O) groups is 1. The molecule has 3 heteroatoms. The van der Waals surface area contributed by atoms with Gasteiger partial charge in [-0.1, -0.05) is 72.8 Å². The van der Waals surface area contributed by atoms with E-state index in [4.69, 9.17) is 0 Å². The van der Waals surface area contributed by atoms with Crippen LogP contribution in [0.25, 0.3) is 0 Å². The van der Waals surface area contributed by atoms with Crippen LogP contribution >= 0.6 is 0 Å². The number of urea groups is 1. The van der Waals surface area contributed by atoms with Gasteiger partial charge < -0.3 is 10.2 Å². The second-order valence-electron chi connectivity index (χ2n) is 6.50. The Morgan fingerprint density at radius 1 is 0.923 bits per heavy atom. The van der Waals surface area contributed by atoms with Crippen LogP contribution in [-0.4, -0.2) is 10.9 Å². The third-order valence-electron chi connectivity index (χ3n) is 4.48. The first kappa shape index (κ1) is 17.7. The fourth-order valence-corrected chi connectivity index (χ4v) is 2.99. The quantitative estimate of drug-likeness (QED) is 0.624. The molecule has 1 atom stereocenters. The molecule has 0 aliphatic rings. The number of nitrogens with one attached hydrogen (secondary N) is 1. The van der Waals surface area contributed by atoms with E-state index in [1.54, 1.807) is 0 Å². The maximum absolute atomic E-state index is 13.1. The maximum Gasteiger partial charge on any atom is 0.322 e. The Morgan fingerprint density at radius 2 is 1.58 bits per heavy atom. The molecule has 2 amide bonds. The number of hydrogen-bond donors (Lipinski definition) is 1. The Labute approximate surface area is 155 Å². The number of amides is 2. The standard InChI is InChI=1S/C23H24N2O/c1-18-10-9-15-22(16-18)24-23(26)25(17-20-11-5-3-6-12-20)19(2)21-13-7-4-8-14-21/h3-16,19H,17H2,1-2H3,(H,24,26). The molecular weight excluding hydrogens is 320 g/mol. The van der Waals surface area contributed by atoms with Crippen molar-refractivity contribution < 1.29 is 4.79 Å². The first-order chi connectivity index (χ1) is 12.6. The zero-order valence-electron chi connectivity index (χ0n) is 15.2. The smallest absolute Gasteiger partial charge is 0.313 e. The third kappa shape index (κ3) is 4.51. The molecule has 1 unspecified atom stereocenters. The van der Waals surface area contributed by atoms with Crippen molar-refractivity contribution in [1.82, 2.24) is 4.90 Å². The van der Waals surface area contributed by atoms with E-state index < -0.39 is 0 Å². The van der Waals surface area contributed by atoms with E-state index in [1.165, 1.54) is 0 Å². The number of aryl methyl sites for hydroxylation is 1. The van der Waals surface area contributed by atoms with Crippen molar-refractivity contribution in [3.63, 3.8) is 0 Å². The molecule has 3 aromatic carbocycles. The summed E-state index contributed by atoms with van der Waals surface area (Å²) in [6.07, 6.45) is 0. The molecule has 0 aliphatic heterocycles. The molecule has 0 fully saturated rings. The summed E-state index contributed by atoms with van der Waals surface area (Å²) in [7, 11) is 0. The molecule has 3 aromatic rings. The van der Waals surface area contributed by atoms with Crippen molar-refractivity contribution in [3.05, 3.63) is 102 Å². The van der Waals surface area contributed by atoms with Crippen molar-refractivity contribution in [2.24, 2.45) is 0 Å². The average Bonchev–Trinajstić information content (AvgIpc) is 2.67. The molecule has 0 heterocycles. The van der Waals surface area contributed by atoms with Crippen molar-refractivity contribution in [2.75, 3.05) is 5.32 Å². The molecule has 3 rings (SSSR count). The van der Waals surface area contributed by atoms with Crippen LogP contribution in [0.4, 0.5) is 10.5 Å². The SMILES string of the molecule is Cc1cccc(NC(=O)N(Cc2ccccc2)C(C)c2ccccc2)c1. The molecule has 3 nitrogen and oxygen atoms in total. The van der Waals surface area contributed by atoms with Crippen LogP contribution in [0.15, 0.2) is 84.9 Å². The lowest BCUT2D eigenvalue weighted by Crippen LogP contribution is -2.36. The van der Waals surface area contributed by atoms with Crippen LogP contribution in [0, 0.1) is 6.92 Å². The van der Waals surface area contributed by atoms with Gasteiger partial charge in [-0.05, 0) is 42.7 Å². The highest BCUT2D eigenvalue weighted by molar-refractivity contribution is 5.89. The van der Waals surface area contributed by atoms with Crippen molar-refractivity contribution in [3.8, 4) is 0 Å². The normalized spacial score (nSPS) is 11.6. The van der Waals surface area contributed by atoms with Gasteiger partial charge in [0.05, 0.1) is 6.04 Å². The summed E-state index contributed by atoms with van der Waals surface area (Å²) in [5, 5.41) is 3.04. The maximum atomic E-state index is 13.1. The summed E-state index contributed by atoms with van der Waals surface area (Å²) in [5.74, 6) is 0. The van der Waals surface area contributed by atoms with Crippen molar-refractivity contribution in [1.29, 1.82) is 0 Å². The van der Waals surface area contributed by atoms with Gasteiger partial charge in [0.15, 0.2) is 0 Å². The minimum Gasteiger partial charge on any atom is -0.313 e. The van der Waals surface area contributed by atoms with Crippen LogP contribution in [0.2, 0.25) is 0 Å². The van der Waals surface area contributed by atoms with Gasteiger partial charge in [-0.15, -0.1) is 0 Å². The van der Waals surface area contributed by atoms with E-state index in [0.29, 0.717) is 6.54 Å². The van der Waals surface area contributed by atoms with Gasteiger partial charge in [-0.3, -0.25) is 0 Å². The van der Waals surface area contributed by atoms with Crippen LogP contribution in [0.1, 0.15) is 29.7 Å². The van der Waals surface area contributed by atoms with E-state index in [-0.39, 0.29) is 12.1 Å². The average molecular weight is 344 g/mol. The topological polar surface area (TPSA) is 32.3 Å². The molecule has 0 aliphatic carbocycles. The summed E-state index contributed by atoms with van der Waals surface area (Å²) in [6, 6.07) is 27.9. The molecule has 26 heavy (non-hydrogen) atoms. The molecule has 0 radical (unpaired) electrons. The van der Waals surface area contributed by atoms with Gasteiger partial charge in [0.1, 0.15) is 0 Å². The largest absolute Gasteiger partial charge is 0.322 e. The summed E-state index contributed by atoms with van der Waals surface area (Å²) in [4.78, 5) is 14.9. The lowest BCUT2D eigenvalue weighted by Gasteiger charge is -2.30. The molecule has 0 saturated heterocycles. The Bertz CT molecular complexity index is 846. The van der Waals surface area contributed by atoms with Crippen LogP contribution in [0.3, 0.4) is 0 Å². The molecule has 0 aromatic heterocycles. The fraction of sp³-hybridized carbons (Fsp3) is 0.174. The van der Waals surface area contributed by atoms with Crippen molar-refractivity contribution in [2.45, 2.75) is 26.4 Å². The molecule has 1 N–H and O–H groups in total. The highest BCUT2D eigenvalue weighted by Gasteiger charge is 2.22. The zero-order chi connectivity index (χ0) is 18.4. The number of anilines is 1. The first-order valence-corrected chi connectivity index (χ1v) is 8.86. The van der Waals surface area contributed by atoms with E-state index in [9.17, 15) is 4.79 Å². The number of nitrogens with zero attached hydrogens (tertiary/aromatic N) is 1. The van der Waals surface area contributed by atoms with Gasteiger partial charge in [0.25, 0.3) is 0 Å². The zero-order valence-corrected chi connectivity index (χ0v) is 15.2. The van der Waals surface area contributed by atoms with Crippen LogP contribution < -0.4 is 5.32 Å². The third-order valence-corrected chi connectivity index (χ3v) is 4.48. The minimum absolute atomic E-state index is 0.0405. The van der Waals surface area contributed by atoms with Crippen LogP contribution in [-0.2, 0) is 6.54 Å². The second-order valence-corrected chi connectivity index (χ2v) is 6.50. The van der Waals surface area contributed by atoms with Gasteiger partial charge in [0.2, 0.25) is 0 Å². The molecular formula is C23H24N2O. The minimum atomic E-state index is -0.101. The predicted octanol–water partition coefficient (Wildman–Crippen LogP) is 5.79. The molecule has 0 bridgehead atoms. The van der Waals surface area contributed by atoms with E-state index in [2.05, 4.69) is 24.4 Å². The van der Waals surface area contributed by atoms with E-state index >= 15 is 0 Å². The lowest BCUT2D eigenvalue weighted by atomic mass is 10.1. The molecule has 0 spiro atoms. The lowest BCUT2D eigenvalue weighted by molar-refractivity contribution is 0.189. The fourth-order valence-electron chi connectivity index (χ4n) is 2.99. The Kier molecular flexibility index (Phi) is 5.69. The van der Waals surface area contributed by atoms with E-state index in [1.807, 2.05) is 84.6 Å². The first-order valence-electron chi connectivity index (χ1n) is 8.86.